The average molecular weight is 610 g/mol. The Balaban J connectivity index is 1.28. The molecule has 2 aliphatic carbocycles. The standard InChI is InChI=1S/C30H40F5N7O/c1-19-14-40(7-6-29(19,31)32)15-20-8-24(30(33,34)35)25-17-41(27(43)42(25)16-20)23-5-3-4-22(9-23)28(10-21(11-28)13-36)12-26-38-37-18-39(26)2/h8,16-17,19,21-23,26,37-38H,3-7,9-12,14-15,18H2,1-2H3. The van der Waals surface area contributed by atoms with Crippen molar-refractivity contribution in [3.8, 4) is 6.07 Å². The van der Waals surface area contributed by atoms with Gasteiger partial charge in [-0.05, 0) is 68.5 Å². The summed E-state index contributed by atoms with van der Waals surface area (Å²) in [6.07, 6.45) is 3.53. The highest BCUT2D eigenvalue weighted by molar-refractivity contribution is 5.56. The van der Waals surface area contributed by atoms with Gasteiger partial charge in [-0.3, -0.25) is 18.8 Å². The number of alkyl halides is 5. The van der Waals surface area contributed by atoms with E-state index >= 15 is 0 Å². The van der Waals surface area contributed by atoms with E-state index in [1.807, 2.05) is 7.05 Å². The van der Waals surface area contributed by atoms with Crippen LogP contribution >= 0.6 is 0 Å². The molecule has 2 aromatic rings. The second-order valence-electron chi connectivity index (χ2n) is 13.6. The van der Waals surface area contributed by atoms with Crippen molar-refractivity contribution >= 4 is 5.52 Å². The predicted octanol–water partition coefficient (Wildman–Crippen LogP) is 4.96. The fourth-order valence-electron chi connectivity index (χ4n) is 8.16. The van der Waals surface area contributed by atoms with Gasteiger partial charge >= 0.3 is 11.9 Å². The Bertz CT molecular complexity index is 1440. The Kier molecular flexibility index (Phi) is 7.89. The number of hydrazine groups is 1. The number of piperidine rings is 1. The Morgan fingerprint density at radius 1 is 1.19 bits per heavy atom. The second kappa shape index (κ2) is 11.1. The summed E-state index contributed by atoms with van der Waals surface area (Å²) in [5, 5.41) is 9.57. The summed E-state index contributed by atoms with van der Waals surface area (Å²) in [5.41, 5.74) is 5.11. The molecule has 2 saturated carbocycles. The highest BCUT2D eigenvalue weighted by Gasteiger charge is 2.52. The van der Waals surface area contributed by atoms with Gasteiger partial charge < -0.3 is 0 Å². The summed E-state index contributed by atoms with van der Waals surface area (Å²) in [6.45, 7) is 2.38. The van der Waals surface area contributed by atoms with Crippen LogP contribution in [0.25, 0.3) is 5.52 Å². The Hall–Kier alpha value is -2.53. The topological polar surface area (TPSA) is 80.7 Å². The molecule has 0 spiro atoms. The van der Waals surface area contributed by atoms with Gasteiger partial charge in [0.15, 0.2) is 0 Å². The monoisotopic (exact) mass is 609 g/mol. The van der Waals surface area contributed by atoms with Gasteiger partial charge in [-0.25, -0.2) is 24.4 Å². The number of hydrogen-bond acceptors (Lipinski definition) is 6. The molecule has 4 fully saturated rings. The first-order chi connectivity index (χ1) is 20.3. The molecule has 2 aromatic heterocycles. The molecule has 4 heterocycles. The SMILES string of the molecule is CC1CN(Cc2cc(C(F)(F)F)c3cn(C4CCCC(C5(CC6NNCN6C)CC(C#N)C5)C4)c(=O)n3c2)CCC1(F)F. The van der Waals surface area contributed by atoms with Crippen molar-refractivity contribution in [2.75, 3.05) is 26.8 Å². The van der Waals surface area contributed by atoms with Crippen molar-refractivity contribution in [2.45, 2.75) is 89.1 Å². The number of likely N-dealkylation sites (tertiary alicyclic amines) is 1. The summed E-state index contributed by atoms with van der Waals surface area (Å²) in [6, 6.07) is 3.22. The van der Waals surface area contributed by atoms with Crippen LogP contribution in [0.5, 0.6) is 0 Å². The van der Waals surface area contributed by atoms with Crippen molar-refractivity contribution in [1.29, 1.82) is 5.26 Å². The van der Waals surface area contributed by atoms with Crippen LogP contribution in [0.15, 0.2) is 23.3 Å². The van der Waals surface area contributed by atoms with E-state index in [0.717, 1.165) is 49.2 Å². The van der Waals surface area contributed by atoms with Gasteiger partial charge in [-0.15, -0.1) is 0 Å². The maximum absolute atomic E-state index is 14.3. The van der Waals surface area contributed by atoms with Crippen molar-refractivity contribution in [3.63, 3.8) is 0 Å². The molecule has 4 atom stereocenters. The maximum atomic E-state index is 14.3. The number of rotatable bonds is 6. The highest BCUT2D eigenvalue weighted by Crippen LogP contribution is 2.58. The third-order valence-electron chi connectivity index (χ3n) is 10.7. The van der Waals surface area contributed by atoms with E-state index in [4.69, 9.17) is 0 Å². The van der Waals surface area contributed by atoms with Crippen LogP contribution in [0.3, 0.4) is 0 Å². The zero-order valence-electron chi connectivity index (χ0n) is 24.6. The van der Waals surface area contributed by atoms with Crippen LogP contribution in [0.4, 0.5) is 22.0 Å². The third-order valence-corrected chi connectivity index (χ3v) is 10.7. The quantitative estimate of drug-likeness (QED) is 0.451. The zero-order valence-corrected chi connectivity index (χ0v) is 24.6. The van der Waals surface area contributed by atoms with Crippen LogP contribution in [0, 0.1) is 34.5 Å². The van der Waals surface area contributed by atoms with Crippen LogP contribution in [0.2, 0.25) is 0 Å². The van der Waals surface area contributed by atoms with Gasteiger partial charge in [-0.2, -0.15) is 18.4 Å². The number of hydrogen-bond donors (Lipinski definition) is 2. The molecule has 4 unspecified atom stereocenters. The number of nitrogens with one attached hydrogen (secondary N) is 2. The first-order valence-corrected chi connectivity index (χ1v) is 15.3. The summed E-state index contributed by atoms with van der Waals surface area (Å²) in [7, 11) is 2.04. The second-order valence-corrected chi connectivity index (χ2v) is 13.6. The number of fused-ring (bicyclic) bond motifs is 1. The molecular weight excluding hydrogens is 569 g/mol. The van der Waals surface area contributed by atoms with Crippen LogP contribution in [0.1, 0.15) is 75.5 Å². The van der Waals surface area contributed by atoms with Crippen LogP contribution in [-0.2, 0) is 12.7 Å². The zero-order chi connectivity index (χ0) is 30.7. The van der Waals surface area contributed by atoms with Crippen molar-refractivity contribution in [1.82, 2.24) is 29.6 Å². The van der Waals surface area contributed by atoms with Gasteiger partial charge in [0.25, 0.3) is 5.92 Å². The number of nitrogens with zero attached hydrogens (tertiary/aromatic N) is 5. The first kappa shape index (κ1) is 30.5. The average Bonchev–Trinajstić information content (AvgIpc) is 3.49. The summed E-state index contributed by atoms with van der Waals surface area (Å²) in [4.78, 5) is 17.7. The molecule has 2 aliphatic heterocycles. The van der Waals surface area contributed by atoms with E-state index in [-0.39, 0.29) is 66.6 Å². The number of pyridine rings is 1. The molecule has 43 heavy (non-hydrogen) atoms. The fraction of sp³-hybridized carbons (Fsp3) is 0.733. The molecule has 6 rings (SSSR count). The maximum Gasteiger partial charge on any atom is 0.418 e. The van der Waals surface area contributed by atoms with Gasteiger partial charge in [0.2, 0.25) is 0 Å². The van der Waals surface area contributed by atoms with Crippen molar-refractivity contribution in [3.05, 3.63) is 40.1 Å². The lowest BCUT2D eigenvalue weighted by atomic mass is 9.51. The van der Waals surface area contributed by atoms with E-state index < -0.39 is 29.3 Å². The van der Waals surface area contributed by atoms with Gasteiger partial charge in [0, 0.05) is 56.3 Å². The molecule has 0 bridgehead atoms. The molecule has 8 nitrogen and oxygen atoms in total. The summed E-state index contributed by atoms with van der Waals surface area (Å²) < 4.78 is 73.5. The predicted molar refractivity (Wildman–Crippen MR) is 150 cm³/mol. The lowest BCUT2D eigenvalue weighted by molar-refractivity contribution is -0.136. The number of halogens is 5. The van der Waals surface area contributed by atoms with Crippen molar-refractivity contribution < 1.29 is 22.0 Å². The Labute approximate surface area is 247 Å². The van der Waals surface area contributed by atoms with E-state index in [0.29, 0.717) is 12.8 Å². The van der Waals surface area contributed by atoms with E-state index in [2.05, 4.69) is 21.8 Å². The largest absolute Gasteiger partial charge is 0.418 e. The van der Waals surface area contributed by atoms with Crippen molar-refractivity contribution in [2.24, 2.45) is 23.2 Å². The van der Waals surface area contributed by atoms with Crippen LogP contribution < -0.4 is 16.5 Å². The molecule has 236 valence electrons. The first-order valence-electron chi connectivity index (χ1n) is 15.3. The van der Waals surface area contributed by atoms with Gasteiger partial charge in [-0.1, -0.05) is 13.3 Å². The van der Waals surface area contributed by atoms with Gasteiger partial charge in [0.05, 0.1) is 30.0 Å². The molecule has 2 saturated heterocycles. The number of imidazole rings is 1. The van der Waals surface area contributed by atoms with E-state index in [1.165, 1.54) is 23.9 Å². The molecule has 0 amide bonds. The minimum Gasteiger partial charge on any atom is -0.298 e. The van der Waals surface area contributed by atoms with Gasteiger partial charge in [0.1, 0.15) is 0 Å². The highest BCUT2D eigenvalue weighted by atomic mass is 19.4. The Morgan fingerprint density at radius 3 is 2.60 bits per heavy atom. The lowest BCUT2D eigenvalue weighted by Crippen LogP contribution is -2.50. The minimum atomic E-state index is -4.69. The molecule has 13 heteroatoms. The molecule has 2 N–H and O–H groups in total. The van der Waals surface area contributed by atoms with Crippen LogP contribution in [-0.4, -0.2) is 57.7 Å². The smallest absolute Gasteiger partial charge is 0.298 e. The minimum absolute atomic E-state index is 0.00159. The van der Waals surface area contributed by atoms with E-state index in [1.54, 1.807) is 4.90 Å². The normalized spacial score (nSPS) is 33.9. The molecule has 0 aromatic carbocycles. The third kappa shape index (κ3) is 5.72. The summed E-state index contributed by atoms with van der Waals surface area (Å²) in [5.74, 6) is -3.45. The number of aromatic nitrogens is 2. The van der Waals surface area contributed by atoms with E-state index in [9.17, 15) is 32.0 Å². The summed E-state index contributed by atoms with van der Waals surface area (Å²) >= 11 is 0. The Morgan fingerprint density at radius 2 is 1.95 bits per heavy atom. The molecule has 0 radical (unpaired) electrons. The number of nitriles is 1. The lowest BCUT2D eigenvalue weighted by Gasteiger charge is -2.54. The molecular formula is C30H40F5N7O. The fourth-order valence-corrected chi connectivity index (χ4v) is 8.16. The molecule has 4 aliphatic rings.